The number of hydrogen-bond donors (Lipinski definition) is 2. The number of nitrogens with zero attached hydrogens (tertiary/aromatic N) is 3. The lowest BCUT2D eigenvalue weighted by Gasteiger charge is -2.37. The number of anilines is 1. The first kappa shape index (κ1) is 30.9. The highest BCUT2D eigenvalue weighted by atomic mass is 16.5. The summed E-state index contributed by atoms with van der Waals surface area (Å²) in [6.07, 6.45) is 8.47. The number of piperazine rings is 1. The minimum atomic E-state index is -1.16. The van der Waals surface area contributed by atoms with E-state index >= 15 is 0 Å². The van der Waals surface area contributed by atoms with Crippen LogP contribution in [0.25, 0.3) is 0 Å². The van der Waals surface area contributed by atoms with Crippen LogP contribution in [0, 0.1) is 11.8 Å². The van der Waals surface area contributed by atoms with Crippen LogP contribution in [-0.2, 0) is 19.1 Å². The van der Waals surface area contributed by atoms with Gasteiger partial charge in [-0.1, -0.05) is 56.5 Å². The predicted molar refractivity (Wildman–Crippen MR) is 174 cm³/mol. The van der Waals surface area contributed by atoms with Crippen LogP contribution in [0.1, 0.15) is 39.0 Å². The summed E-state index contributed by atoms with van der Waals surface area (Å²) in [7, 11) is 0. The number of para-hydroxylation sites is 1. The van der Waals surface area contributed by atoms with E-state index in [9.17, 15) is 14.4 Å². The van der Waals surface area contributed by atoms with E-state index in [0.717, 1.165) is 64.2 Å². The molecule has 5 atom stereocenters. The Bertz CT molecular complexity index is 1440. The van der Waals surface area contributed by atoms with Crippen molar-refractivity contribution in [1.82, 2.24) is 20.0 Å². The second-order valence-corrected chi connectivity index (χ2v) is 13.3. The van der Waals surface area contributed by atoms with Gasteiger partial charge in [0.2, 0.25) is 17.7 Å². The van der Waals surface area contributed by atoms with Crippen molar-refractivity contribution in [3.8, 4) is 11.5 Å². The van der Waals surface area contributed by atoms with Crippen LogP contribution in [-0.4, -0.2) is 102 Å². The van der Waals surface area contributed by atoms with Gasteiger partial charge in [0, 0.05) is 51.0 Å². The Morgan fingerprint density at radius 1 is 0.891 bits per heavy atom. The maximum absolute atomic E-state index is 14.3. The molecular formula is C36H45N5O5. The second kappa shape index (κ2) is 13.2. The molecule has 244 valence electrons. The van der Waals surface area contributed by atoms with Crippen molar-refractivity contribution in [1.29, 1.82) is 0 Å². The maximum atomic E-state index is 14.3. The van der Waals surface area contributed by atoms with Crippen molar-refractivity contribution in [2.45, 2.75) is 62.8 Å². The van der Waals surface area contributed by atoms with Gasteiger partial charge in [-0.25, -0.2) is 0 Å². The lowest BCUT2D eigenvalue weighted by Crippen LogP contribution is -2.57. The molecule has 10 heteroatoms. The summed E-state index contributed by atoms with van der Waals surface area (Å²) < 4.78 is 12.4. The molecule has 3 amide bonds. The number of ether oxygens (including phenoxy) is 2. The molecule has 2 aromatic carbocycles. The number of amides is 3. The maximum Gasteiger partial charge on any atom is 0.246 e. The van der Waals surface area contributed by atoms with Crippen molar-refractivity contribution >= 4 is 23.4 Å². The van der Waals surface area contributed by atoms with E-state index in [1.54, 1.807) is 29.2 Å². The quantitative estimate of drug-likeness (QED) is 0.388. The number of rotatable bonds is 10. The molecule has 3 saturated heterocycles. The Hall–Kier alpha value is -3.73. The molecule has 2 aromatic rings. The van der Waals surface area contributed by atoms with Gasteiger partial charge < -0.3 is 29.9 Å². The second-order valence-electron chi connectivity index (χ2n) is 13.3. The van der Waals surface area contributed by atoms with Gasteiger partial charge in [-0.15, -0.1) is 0 Å². The Morgan fingerprint density at radius 2 is 1.59 bits per heavy atom. The summed E-state index contributed by atoms with van der Waals surface area (Å²) in [5.41, 5.74) is -0.553. The molecule has 1 saturated carbocycles. The molecule has 1 aliphatic carbocycles. The standard InChI is InChI=1S/C36H45N5O5/c1-2-39-19-21-40(22-20-39)23-24-41-32(34(43)38-25-9-5-3-6-10-25)36-18-17-29(46-36)30(31(36)35(41)44)33(42)37-26-13-15-28(16-14-26)45-27-11-7-4-8-12-27/h4,7-8,11-18,25,29-32H,2-3,5-6,9-10,19-24H2,1H3,(H,37,42)(H,38,43)/t29-,30+,31-,32-,36+/m1/s1. The molecule has 10 nitrogen and oxygen atoms in total. The van der Waals surface area contributed by atoms with Gasteiger partial charge in [-0.05, 0) is 55.8 Å². The number of carbonyl (C=O) groups excluding carboxylic acids is 3. The zero-order valence-corrected chi connectivity index (χ0v) is 26.6. The minimum Gasteiger partial charge on any atom is -0.457 e. The Balaban J connectivity index is 1.08. The molecule has 0 aromatic heterocycles. The Labute approximate surface area is 271 Å². The van der Waals surface area contributed by atoms with E-state index in [2.05, 4.69) is 27.4 Å². The number of nitrogens with one attached hydrogen (secondary N) is 2. The van der Waals surface area contributed by atoms with E-state index < -0.39 is 29.6 Å². The third-order valence-electron chi connectivity index (χ3n) is 10.5. The number of likely N-dealkylation sites (tertiary alicyclic amines) is 1. The highest BCUT2D eigenvalue weighted by Gasteiger charge is 2.72. The van der Waals surface area contributed by atoms with Crippen LogP contribution >= 0.6 is 0 Å². The number of likely N-dealkylation sites (N-methyl/N-ethyl adjacent to an activating group) is 1. The molecule has 4 heterocycles. The zero-order chi connectivity index (χ0) is 31.7. The van der Waals surface area contributed by atoms with Crippen LogP contribution in [0.15, 0.2) is 66.7 Å². The average Bonchev–Trinajstić information content (AvgIpc) is 3.73. The molecule has 4 aliphatic heterocycles. The highest BCUT2D eigenvalue weighted by molar-refractivity contribution is 6.02. The van der Waals surface area contributed by atoms with E-state index in [1.807, 2.05) is 42.5 Å². The number of fused-ring (bicyclic) bond motifs is 1. The third kappa shape index (κ3) is 5.94. The first-order valence-corrected chi connectivity index (χ1v) is 17.0. The smallest absolute Gasteiger partial charge is 0.246 e. The Morgan fingerprint density at radius 3 is 2.30 bits per heavy atom. The molecule has 46 heavy (non-hydrogen) atoms. The number of carbonyl (C=O) groups is 3. The predicted octanol–water partition coefficient (Wildman–Crippen LogP) is 3.65. The van der Waals surface area contributed by atoms with E-state index in [-0.39, 0.29) is 23.8 Å². The van der Waals surface area contributed by atoms with Crippen LogP contribution in [0.2, 0.25) is 0 Å². The van der Waals surface area contributed by atoms with Gasteiger partial charge in [0.1, 0.15) is 23.1 Å². The van der Waals surface area contributed by atoms with E-state index in [4.69, 9.17) is 9.47 Å². The van der Waals surface area contributed by atoms with E-state index in [1.165, 1.54) is 6.42 Å². The molecule has 1 spiro atoms. The summed E-state index contributed by atoms with van der Waals surface area (Å²) in [6, 6.07) is 16.0. The zero-order valence-electron chi connectivity index (χ0n) is 26.6. The minimum absolute atomic E-state index is 0.103. The van der Waals surface area contributed by atoms with Gasteiger partial charge in [-0.2, -0.15) is 0 Å². The topological polar surface area (TPSA) is 103 Å². The monoisotopic (exact) mass is 627 g/mol. The molecule has 4 fully saturated rings. The molecule has 0 unspecified atom stereocenters. The fourth-order valence-corrected chi connectivity index (χ4v) is 8.07. The first-order valence-electron chi connectivity index (χ1n) is 17.0. The van der Waals surface area contributed by atoms with Crippen LogP contribution in [0.4, 0.5) is 5.69 Å². The normalized spacial score (nSPS) is 29.6. The average molecular weight is 628 g/mol. The van der Waals surface area contributed by atoms with Gasteiger partial charge in [0.05, 0.1) is 17.9 Å². The SMILES string of the molecule is CCN1CCN(CCN2C(=O)[C@H]3[C@@H](C(=O)Nc4ccc(Oc5ccccc5)cc4)[C@H]4C=C[C@@]3(O4)[C@H]2C(=O)NC2CCCCC2)CC1. The van der Waals surface area contributed by atoms with Gasteiger partial charge in [0.15, 0.2) is 0 Å². The lowest BCUT2D eigenvalue weighted by molar-refractivity contribution is -0.141. The molecular weight excluding hydrogens is 582 g/mol. The molecule has 0 radical (unpaired) electrons. The fourth-order valence-electron chi connectivity index (χ4n) is 8.07. The molecule has 7 rings (SSSR count). The number of benzene rings is 2. The summed E-state index contributed by atoms with van der Waals surface area (Å²) in [5, 5.41) is 6.30. The summed E-state index contributed by atoms with van der Waals surface area (Å²) in [4.78, 5) is 48.8. The summed E-state index contributed by atoms with van der Waals surface area (Å²) >= 11 is 0. The molecule has 2 bridgehead atoms. The van der Waals surface area contributed by atoms with Crippen LogP contribution in [0.3, 0.4) is 0 Å². The van der Waals surface area contributed by atoms with Gasteiger partial charge >= 0.3 is 0 Å². The number of hydrogen-bond acceptors (Lipinski definition) is 7. The van der Waals surface area contributed by atoms with Crippen LogP contribution in [0.5, 0.6) is 11.5 Å². The first-order chi connectivity index (χ1) is 22.4. The van der Waals surface area contributed by atoms with Crippen molar-refractivity contribution in [3.63, 3.8) is 0 Å². The molecule has 5 aliphatic rings. The van der Waals surface area contributed by atoms with Crippen molar-refractivity contribution in [2.24, 2.45) is 11.8 Å². The largest absolute Gasteiger partial charge is 0.457 e. The Kier molecular flexibility index (Phi) is 8.85. The van der Waals surface area contributed by atoms with E-state index in [0.29, 0.717) is 24.5 Å². The van der Waals surface area contributed by atoms with Crippen molar-refractivity contribution in [3.05, 3.63) is 66.7 Å². The fraction of sp³-hybridized carbons (Fsp3) is 0.528. The summed E-state index contributed by atoms with van der Waals surface area (Å²) in [6.45, 7) is 8.17. The van der Waals surface area contributed by atoms with Crippen molar-refractivity contribution < 1.29 is 23.9 Å². The van der Waals surface area contributed by atoms with Crippen LogP contribution < -0.4 is 15.4 Å². The highest BCUT2D eigenvalue weighted by Crippen LogP contribution is 2.55. The van der Waals surface area contributed by atoms with Crippen molar-refractivity contribution in [2.75, 3.05) is 51.1 Å². The molecule has 2 N–H and O–H groups in total. The van der Waals surface area contributed by atoms with Gasteiger partial charge in [-0.3, -0.25) is 19.3 Å². The lowest BCUT2D eigenvalue weighted by atomic mass is 9.74. The summed E-state index contributed by atoms with van der Waals surface area (Å²) in [5.74, 6) is -0.740. The third-order valence-corrected chi connectivity index (χ3v) is 10.5. The van der Waals surface area contributed by atoms with Gasteiger partial charge in [0.25, 0.3) is 0 Å².